The maximum atomic E-state index is 12.2. The Morgan fingerprint density at radius 1 is 1.19 bits per heavy atom. The van der Waals surface area contributed by atoms with E-state index in [9.17, 15) is 9.59 Å². The number of carbonyl (C=O) groups is 2. The first-order chi connectivity index (χ1) is 13.1. The molecule has 2 aliphatic heterocycles. The van der Waals surface area contributed by atoms with Crippen molar-refractivity contribution in [3.05, 3.63) is 35.9 Å². The number of likely N-dealkylation sites (tertiary alicyclic amines) is 1. The van der Waals surface area contributed by atoms with Crippen LogP contribution >= 0.6 is 11.8 Å². The molecule has 2 saturated heterocycles. The van der Waals surface area contributed by atoms with Crippen LogP contribution in [0.2, 0.25) is 0 Å². The summed E-state index contributed by atoms with van der Waals surface area (Å²) in [5.41, 5.74) is 1.31. The van der Waals surface area contributed by atoms with Crippen molar-refractivity contribution in [1.82, 2.24) is 15.1 Å². The molecule has 0 bridgehead atoms. The number of nitrogens with zero attached hydrogens (tertiary/aromatic N) is 2. The van der Waals surface area contributed by atoms with Crippen LogP contribution < -0.4 is 5.32 Å². The molecule has 0 radical (unpaired) electrons. The summed E-state index contributed by atoms with van der Waals surface area (Å²) in [5, 5.41) is 3.12. The second-order valence-electron chi connectivity index (χ2n) is 7.12. The number of rotatable bonds is 7. The Balaban J connectivity index is 1.34. The average molecular weight is 392 g/mol. The van der Waals surface area contributed by atoms with Crippen LogP contribution in [-0.4, -0.2) is 78.6 Å². The van der Waals surface area contributed by atoms with Crippen molar-refractivity contribution in [2.45, 2.75) is 25.4 Å². The molecular formula is C20H29N3O3S. The number of benzene rings is 1. The first-order valence-corrected chi connectivity index (χ1v) is 10.8. The summed E-state index contributed by atoms with van der Waals surface area (Å²) in [6.45, 7) is 6.61. The summed E-state index contributed by atoms with van der Waals surface area (Å²) in [6, 6.07) is 11.0. The van der Waals surface area contributed by atoms with Gasteiger partial charge >= 0.3 is 0 Å². The monoisotopic (exact) mass is 391 g/mol. The van der Waals surface area contributed by atoms with Gasteiger partial charge in [-0.3, -0.25) is 14.5 Å². The van der Waals surface area contributed by atoms with E-state index in [-0.39, 0.29) is 17.9 Å². The van der Waals surface area contributed by atoms with Crippen LogP contribution in [0.4, 0.5) is 0 Å². The molecule has 2 aliphatic rings. The number of hydrogen-bond donors (Lipinski definition) is 1. The van der Waals surface area contributed by atoms with Gasteiger partial charge in [-0.2, -0.15) is 0 Å². The van der Waals surface area contributed by atoms with E-state index >= 15 is 0 Å². The van der Waals surface area contributed by atoms with E-state index in [1.165, 1.54) is 17.3 Å². The van der Waals surface area contributed by atoms with Crippen LogP contribution in [0.25, 0.3) is 0 Å². The maximum absolute atomic E-state index is 12.2. The predicted molar refractivity (Wildman–Crippen MR) is 108 cm³/mol. The summed E-state index contributed by atoms with van der Waals surface area (Å²) < 4.78 is 5.25. The minimum absolute atomic E-state index is 0.0222. The molecule has 2 amide bonds. The van der Waals surface area contributed by atoms with Crippen molar-refractivity contribution in [2.24, 2.45) is 0 Å². The summed E-state index contributed by atoms with van der Waals surface area (Å²) in [5.74, 6) is 0.810. The Labute approximate surface area is 165 Å². The van der Waals surface area contributed by atoms with Gasteiger partial charge in [-0.1, -0.05) is 30.3 Å². The summed E-state index contributed by atoms with van der Waals surface area (Å²) in [4.78, 5) is 28.5. The van der Waals surface area contributed by atoms with Gasteiger partial charge in [0.15, 0.2) is 0 Å². The number of carbonyl (C=O) groups excluding carboxylic acids is 2. The highest BCUT2D eigenvalue weighted by Crippen LogP contribution is 2.24. The van der Waals surface area contributed by atoms with Crippen LogP contribution in [0.15, 0.2) is 30.3 Å². The molecule has 0 spiro atoms. The topological polar surface area (TPSA) is 61.9 Å². The third kappa shape index (κ3) is 5.96. The molecule has 0 saturated carbocycles. The van der Waals surface area contributed by atoms with Crippen LogP contribution in [0.1, 0.15) is 24.9 Å². The maximum Gasteiger partial charge on any atom is 0.232 e. The molecule has 1 N–H and O–H groups in total. The lowest BCUT2D eigenvalue weighted by molar-refractivity contribution is -0.132. The zero-order valence-electron chi connectivity index (χ0n) is 15.9. The molecule has 2 atom stereocenters. The highest BCUT2D eigenvalue weighted by Gasteiger charge is 2.27. The number of amides is 2. The van der Waals surface area contributed by atoms with Gasteiger partial charge in [0.2, 0.25) is 11.8 Å². The molecule has 3 rings (SSSR count). The molecule has 0 aromatic heterocycles. The number of thioether (sulfide) groups is 1. The minimum atomic E-state index is 0.0222. The van der Waals surface area contributed by atoms with E-state index in [1.54, 1.807) is 0 Å². The molecule has 7 heteroatoms. The van der Waals surface area contributed by atoms with Crippen LogP contribution in [0, 0.1) is 0 Å². The first kappa shape index (κ1) is 20.2. The summed E-state index contributed by atoms with van der Waals surface area (Å²) >= 11 is 1.39. The smallest absolute Gasteiger partial charge is 0.232 e. The van der Waals surface area contributed by atoms with E-state index in [4.69, 9.17) is 4.74 Å². The quantitative estimate of drug-likeness (QED) is 0.764. The van der Waals surface area contributed by atoms with Gasteiger partial charge in [0.1, 0.15) is 0 Å². The van der Waals surface area contributed by atoms with Crippen LogP contribution in [0.3, 0.4) is 0 Å². The van der Waals surface area contributed by atoms with Crippen molar-refractivity contribution >= 4 is 23.6 Å². The van der Waals surface area contributed by atoms with Gasteiger partial charge in [0, 0.05) is 38.3 Å². The van der Waals surface area contributed by atoms with Crippen molar-refractivity contribution in [2.75, 3.05) is 50.9 Å². The molecule has 1 aromatic carbocycles. The molecule has 2 unspecified atom stereocenters. The average Bonchev–Trinajstić information content (AvgIpc) is 3.17. The highest BCUT2D eigenvalue weighted by molar-refractivity contribution is 8.00. The number of nitrogens with one attached hydrogen (secondary N) is 1. The molecule has 2 heterocycles. The van der Waals surface area contributed by atoms with Gasteiger partial charge < -0.3 is 15.0 Å². The zero-order valence-corrected chi connectivity index (χ0v) is 16.7. The first-order valence-electron chi connectivity index (χ1n) is 9.65. The zero-order chi connectivity index (χ0) is 19.1. The molecule has 2 fully saturated rings. The second-order valence-corrected chi connectivity index (χ2v) is 8.11. The lowest BCUT2D eigenvalue weighted by Crippen LogP contribution is -2.42. The Morgan fingerprint density at radius 2 is 1.93 bits per heavy atom. The van der Waals surface area contributed by atoms with Gasteiger partial charge in [-0.15, -0.1) is 11.8 Å². The Kier molecular flexibility index (Phi) is 7.55. The second kappa shape index (κ2) is 10.1. The lowest BCUT2D eigenvalue weighted by atomic mass is 10.1. The van der Waals surface area contributed by atoms with Crippen LogP contribution in [-0.2, 0) is 14.3 Å². The predicted octanol–water partition coefficient (Wildman–Crippen LogP) is 1.53. The van der Waals surface area contributed by atoms with Gasteiger partial charge in [-0.25, -0.2) is 0 Å². The largest absolute Gasteiger partial charge is 0.378 e. The number of hydrogen-bond acceptors (Lipinski definition) is 5. The van der Waals surface area contributed by atoms with Gasteiger partial charge in [0.25, 0.3) is 0 Å². The molecule has 1 aromatic rings. The number of ether oxygens (including phenoxy) is 1. The standard InChI is InChI=1S/C20H29N3O3S/c1-16(17-5-3-2-4-6-17)23-8-7-18(13-23)21-19(24)14-27-15-20(25)22-9-11-26-12-10-22/h2-6,16,18H,7-15H2,1H3,(H,21,24). The molecule has 0 aliphatic carbocycles. The Bertz CT molecular complexity index is 622. The number of morpholine rings is 1. The van der Waals surface area contributed by atoms with Crippen molar-refractivity contribution in [1.29, 1.82) is 0 Å². The third-order valence-electron chi connectivity index (χ3n) is 5.24. The third-order valence-corrected chi connectivity index (χ3v) is 6.15. The van der Waals surface area contributed by atoms with E-state index in [2.05, 4.69) is 41.4 Å². The van der Waals surface area contributed by atoms with Crippen molar-refractivity contribution < 1.29 is 14.3 Å². The van der Waals surface area contributed by atoms with Crippen molar-refractivity contribution in [3.8, 4) is 0 Å². The fraction of sp³-hybridized carbons (Fsp3) is 0.600. The SMILES string of the molecule is CC(c1ccccc1)N1CCC(NC(=O)CSCC(=O)N2CCOCC2)C1. The van der Waals surface area contributed by atoms with E-state index < -0.39 is 0 Å². The highest BCUT2D eigenvalue weighted by atomic mass is 32.2. The molecule has 27 heavy (non-hydrogen) atoms. The Hall–Kier alpha value is -1.57. The van der Waals surface area contributed by atoms with E-state index in [0.717, 1.165) is 19.5 Å². The Morgan fingerprint density at radius 3 is 2.67 bits per heavy atom. The van der Waals surface area contributed by atoms with Crippen LogP contribution in [0.5, 0.6) is 0 Å². The molecule has 6 nitrogen and oxygen atoms in total. The molecule has 148 valence electrons. The normalized spacial score (nSPS) is 21.8. The fourth-order valence-electron chi connectivity index (χ4n) is 3.60. The minimum Gasteiger partial charge on any atom is -0.378 e. The summed E-state index contributed by atoms with van der Waals surface area (Å²) in [7, 11) is 0. The fourth-order valence-corrected chi connectivity index (χ4v) is 4.33. The van der Waals surface area contributed by atoms with E-state index in [1.807, 2.05) is 11.0 Å². The lowest BCUT2D eigenvalue weighted by Gasteiger charge is -2.26. The van der Waals surface area contributed by atoms with Gasteiger partial charge in [-0.05, 0) is 18.9 Å². The summed E-state index contributed by atoms with van der Waals surface area (Å²) in [6.07, 6.45) is 0.973. The van der Waals surface area contributed by atoms with Crippen molar-refractivity contribution in [3.63, 3.8) is 0 Å². The van der Waals surface area contributed by atoms with E-state index in [0.29, 0.717) is 43.9 Å². The van der Waals surface area contributed by atoms with Gasteiger partial charge in [0.05, 0.1) is 24.7 Å². The molecular weight excluding hydrogens is 362 g/mol.